The molecule has 1 aliphatic rings. The third-order valence-electron chi connectivity index (χ3n) is 5.19. The molecule has 2 heterocycles. The Hall–Kier alpha value is -2.82. The summed E-state index contributed by atoms with van der Waals surface area (Å²) in [5.41, 5.74) is 4.87. The van der Waals surface area contributed by atoms with Crippen LogP contribution in [-0.4, -0.2) is 42.0 Å². The standard InChI is InChI=1S/C21H22FN3O/c1-14-3-8-19-18(13-14)15(2)20(23-19)21(26)25-11-9-24(10-12-25)17-6-4-16(22)5-7-17/h3-8,13,23H,9-12H2,1-2H3. The smallest absolute Gasteiger partial charge is 0.270 e. The zero-order valence-corrected chi connectivity index (χ0v) is 15.1. The third kappa shape index (κ3) is 2.94. The van der Waals surface area contributed by atoms with Crippen LogP contribution in [0, 0.1) is 19.7 Å². The van der Waals surface area contributed by atoms with Gasteiger partial charge in [-0.25, -0.2) is 4.39 Å². The molecule has 4 rings (SSSR count). The molecule has 0 unspecified atom stereocenters. The average molecular weight is 351 g/mol. The van der Waals surface area contributed by atoms with Gasteiger partial charge in [-0.15, -0.1) is 0 Å². The van der Waals surface area contributed by atoms with E-state index in [0.29, 0.717) is 18.8 Å². The van der Waals surface area contributed by atoms with Gasteiger partial charge in [-0.05, 0) is 55.8 Å². The van der Waals surface area contributed by atoms with Crippen LogP contribution in [-0.2, 0) is 0 Å². The molecule has 5 heteroatoms. The van der Waals surface area contributed by atoms with Crippen LogP contribution in [0.2, 0.25) is 0 Å². The van der Waals surface area contributed by atoms with E-state index in [4.69, 9.17) is 0 Å². The molecule has 1 aromatic heterocycles. The molecular formula is C21H22FN3O. The molecular weight excluding hydrogens is 329 g/mol. The molecule has 1 fully saturated rings. The number of carbonyl (C=O) groups is 1. The number of nitrogens with one attached hydrogen (secondary N) is 1. The lowest BCUT2D eigenvalue weighted by Gasteiger charge is -2.36. The van der Waals surface area contributed by atoms with Gasteiger partial charge in [-0.2, -0.15) is 0 Å². The minimum Gasteiger partial charge on any atom is -0.368 e. The second kappa shape index (κ2) is 6.48. The normalized spacial score (nSPS) is 14.9. The molecule has 0 bridgehead atoms. The molecule has 0 radical (unpaired) electrons. The zero-order valence-electron chi connectivity index (χ0n) is 15.1. The van der Waals surface area contributed by atoms with E-state index < -0.39 is 0 Å². The number of benzene rings is 2. The number of fused-ring (bicyclic) bond motifs is 1. The van der Waals surface area contributed by atoms with E-state index in [-0.39, 0.29) is 11.7 Å². The number of aromatic nitrogens is 1. The fourth-order valence-electron chi connectivity index (χ4n) is 3.63. The summed E-state index contributed by atoms with van der Waals surface area (Å²) in [5.74, 6) is -0.179. The van der Waals surface area contributed by atoms with E-state index in [9.17, 15) is 9.18 Å². The fourth-order valence-corrected chi connectivity index (χ4v) is 3.63. The monoisotopic (exact) mass is 351 g/mol. The SMILES string of the molecule is Cc1ccc2[nH]c(C(=O)N3CCN(c4ccc(F)cc4)CC3)c(C)c2c1. The Bertz CT molecular complexity index is 953. The Labute approximate surface area is 152 Å². The van der Waals surface area contributed by atoms with Crippen LogP contribution in [0.3, 0.4) is 0 Å². The van der Waals surface area contributed by atoms with Gasteiger partial charge in [-0.1, -0.05) is 11.6 Å². The number of rotatable bonds is 2. The Morgan fingerprint density at radius 3 is 2.38 bits per heavy atom. The number of nitrogens with zero attached hydrogens (tertiary/aromatic N) is 2. The lowest BCUT2D eigenvalue weighted by Crippen LogP contribution is -2.49. The lowest BCUT2D eigenvalue weighted by atomic mass is 10.1. The largest absolute Gasteiger partial charge is 0.368 e. The molecule has 1 amide bonds. The molecule has 1 saturated heterocycles. The summed E-state index contributed by atoms with van der Waals surface area (Å²) in [7, 11) is 0. The van der Waals surface area contributed by atoms with Gasteiger partial charge in [0.25, 0.3) is 5.91 Å². The first-order valence-electron chi connectivity index (χ1n) is 8.91. The van der Waals surface area contributed by atoms with Crippen molar-refractivity contribution in [1.29, 1.82) is 0 Å². The van der Waals surface area contributed by atoms with Gasteiger partial charge in [0.1, 0.15) is 11.5 Å². The number of anilines is 1. The first-order chi connectivity index (χ1) is 12.5. The molecule has 1 aliphatic heterocycles. The highest BCUT2D eigenvalue weighted by Gasteiger charge is 2.25. The van der Waals surface area contributed by atoms with Crippen molar-refractivity contribution < 1.29 is 9.18 Å². The predicted molar refractivity (Wildman–Crippen MR) is 102 cm³/mol. The minimum atomic E-state index is -0.230. The number of hydrogen-bond acceptors (Lipinski definition) is 2. The molecule has 134 valence electrons. The predicted octanol–water partition coefficient (Wildman–Crippen LogP) is 3.89. The molecule has 0 spiro atoms. The van der Waals surface area contributed by atoms with E-state index in [1.807, 2.05) is 24.0 Å². The van der Waals surface area contributed by atoms with Crippen molar-refractivity contribution in [3.8, 4) is 0 Å². The number of carbonyl (C=O) groups excluding carboxylic acids is 1. The number of aromatic amines is 1. The Kier molecular flexibility index (Phi) is 4.15. The number of aryl methyl sites for hydroxylation is 2. The van der Waals surface area contributed by atoms with E-state index in [1.54, 1.807) is 12.1 Å². The van der Waals surface area contributed by atoms with Crippen LogP contribution < -0.4 is 4.90 Å². The molecule has 4 nitrogen and oxygen atoms in total. The number of piperazine rings is 1. The van der Waals surface area contributed by atoms with Crippen LogP contribution in [0.15, 0.2) is 42.5 Å². The summed E-state index contributed by atoms with van der Waals surface area (Å²) in [4.78, 5) is 20.4. The van der Waals surface area contributed by atoms with Gasteiger partial charge >= 0.3 is 0 Å². The summed E-state index contributed by atoms with van der Waals surface area (Å²) >= 11 is 0. The van der Waals surface area contributed by atoms with E-state index in [1.165, 1.54) is 17.7 Å². The van der Waals surface area contributed by atoms with Gasteiger partial charge in [0.2, 0.25) is 0 Å². The first kappa shape index (κ1) is 16.6. The number of H-pyrrole nitrogens is 1. The van der Waals surface area contributed by atoms with Crippen molar-refractivity contribution in [2.75, 3.05) is 31.1 Å². The highest BCUT2D eigenvalue weighted by atomic mass is 19.1. The van der Waals surface area contributed by atoms with Crippen molar-refractivity contribution in [2.24, 2.45) is 0 Å². The third-order valence-corrected chi connectivity index (χ3v) is 5.19. The van der Waals surface area contributed by atoms with E-state index >= 15 is 0 Å². The number of hydrogen-bond donors (Lipinski definition) is 1. The number of halogens is 1. The van der Waals surface area contributed by atoms with Crippen LogP contribution in [0.1, 0.15) is 21.6 Å². The second-order valence-corrected chi connectivity index (χ2v) is 6.93. The zero-order chi connectivity index (χ0) is 18.3. The van der Waals surface area contributed by atoms with Gasteiger partial charge in [-0.3, -0.25) is 4.79 Å². The summed E-state index contributed by atoms with van der Waals surface area (Å²) in [6.45, 7) is 6.86. The summed E-state index contributed by atoms with van der Waals surface area (Å²) in [5, 5.41) is 1.11. The molecule has 3 aromatic rings. The van der Waals surface area contributed by atoms with Crippen molar-refractivity contribution >= 4 is 22.5 Å². The fraction of sp³-hybridized carbons (Fsp3) is 0.286. The highest BCUT2D eigenvalue weighted by molar-refractivity contribution is 6.01. The Morgan fingerprint density at radius 1 is 1.00 bits per heavy atom. The molecule has 1 N–H and O–H groups in total. The maximum Gasteiger partial charge on any atom is 0.270 e. The molecule has 2 aromatic carbocycles. The Balaban J connectivity index is 1.50. The van der Waals surface area contributed by atoms with Crippen LogP contribution in [0.4, 0.5) is 10.1 Å². The summed E-state index contributed by atoms with van der Waals surface area (Å²) in [6, 6.07) is 12.7. The summed E-state index contributed by atoms with van der Waals surface area (Å²) < 4.78 is 13.1. The van der Waals surface area contributed by atoms with Crippen LogP contribution in [0.25, 0.3) is 10.9 Å². The molecule has 26 heavy (non-hydrogen) atoms. The average Bonchev–Trinajstić information content (AvgIpc) is 2.98. The Morgan fingerprint density at radius 2 is 1.69 bits per heavy atom. The molecule has 0 atom stereocenters. The molecule has 0 saturated carbocycles. The van der Waals surface area contributed by atoms with Crippen molar-refractivity contribution in [1.82, 2.24) is 9.88 Å². The van der Waals surface area contributed by atoms with E-state index in [2.05, 4.69) is 22.9 Å². The first-order valence-corrected chi connectivity index (χ1v) is 8.91. The van der Waals surface area contributed by atoms with Gasteiger partial charge in [0, 0.05) is 42.8 Å². The number of amides is 1. The maximum absolute atomic E-state index is 13.1. The molecule has 0 aliphatic carbocycles. The topological polar surface area (TPSA) is 39.3 Å². The van der Waals surface area contributed by atoms with Crippen molar-refractivity contribution in [2.45, 2.75) is 13.8 Å². The van der Waals surface area contributed by atoms with E-state index in [0.717, 1.165) is 35.2 Å². The van der Waals surface area contributed by atoms with Crippen molar-refractivity contribution in [3.05, 3.63) is 65.1 Å². The second-order valence-electron chi connectivity index (χ2n) is 6.93. The highest BCUT2D eigenvalue weighted by Crippen LogP contribution is 2.25. The van der Waals surface area contributed by atoms with Crippen LogP contribution in [0.5, 0.6) is 0 Å². The van der Waals surface area contributed by atoms with Crippen molar-refractivity contribution in [3.63, 3.8) is 0 Å². The maximum atomic E-state index is 13.1. The van der Waals surface area contributed by atoms with Gasteiger partial charge < -0.3 is 14.8 Å². The van der Waals surface area contributed by atoms with Crippen LogP contribution >= 0.6 is 0 Å². The van der Waals surface area contributed by atoms with Gasteiger partial charge in [0.15, 0.2) is 0 Å². The quantitative estimate of drug-likeness (QED) is 0.761. The lowest BCUT2D eigenvalue weighted by molar-refractivity contribution is 0.0741. The minimum absolute atomic E-state index is 0.0510. The summed E-state index contributed by atoms with van der Waals surface area (Å²) in [6.07, 6.45) is 0. The van der Waals surface area contributed by atoms with Gasteiger partial charge in [0.05, 0.1) is 0 Å².